The van der Waals surface area contributed by atoms with Crippen LogP contribution in [0.2, 0.25) is 0 Å². The lowest BCUT2D eigenvalue weighted by Gasteiger charge is -2.26. The highest BCUT2D eigenvalue weighted by atomic mass is 32.2. The summed E-state index contributed by atoms with van der Waals surface area (Å²) in [5.74, 6) is 0.560. The number of aliphatic hydroxyl groups is 1. The first-order chi connectivity index (χ1) is 14.0. The van der Waals surface area contributed by atoms with Gasteiger partial charge in [0.05, 0.1) is 17.5 Å². The van der Waals surface area contributed by atoms with Crippen molar-refractivity contribution >= 4 is 17.6 Å². The number of hydrogen-bond donors (Lipinski definition) is 2. The first kappa shape index (κ1) is 19.9. The van der Waals surface area contributed by atoms with E-state index in [0.717, 1.165) is 59.2 Å². The normalized spacial score (nSPS) is 19.3. The SMILES string of the molecule is CSc1nc(-c2ccc(F)cc2)c(-c2ccnc(NC3CCC(O)CC3)c2)n1C. The predicted octanol–water partition coefficient (Wildman–Crippen LogP) is 4.73. The van der Waals surface area contributed by atoms with Crippen LogP contribution in [-0.4, -0.2) is 38.0 Å². The Morgan fingerprint density at radius 2 is 1.83 bits per heavy atom. The standard InChI is InChI=1S/C22H25FN4OS/c1-27-21(20(26-22(27)29-2)14-3-5-16(23)6-4-14)15-11-12-24-19(13-15)25-17-7-9-18(28)10-8-17/h3-6,11-13,17-18,28H,7-10H2,1-2H3,(H,24,25). The number of rotatable bonds is 5. The number of benzene rings is 1. The topological polar surface area (TPSA) is 63.0 Å². The Bertz CT molecular complexity index is 981. The van der Waals surface area contributed by atoms with Gasteiger partial charge >= 0.3 is 0 Å². The van der Waals surface area contributed by atoms with E-state index in [2.05, 4.69) is 14.9 Å². The van der Waals surface area contributed by atoms with E-state index in [9.17, 15) is 9.50 Å². The molecule has 0 atom stereocenters. The molecule has 2 heterocycles. The van der Waals surface area contributed by atoms with Gasteiger partial charge in [-0.05, 0) is 68.3 Å². The van der Waals surface area contributed by atoms with Crippen molar-refractivity contribution in [2.75, 3.05) is 11.6 Å². The lowest BCUT2D eigenvalue weighted by atomic mass is 9.93. The summed E-state index contributed by atoms with van der Waals surface area (Å²) in [7, 11) is 2.00. The van der Waals surface area contributed by atoms with Gasteiger partial charge in [0.1, 0.15) is 11.6 Å². The first-order valence-electron chi connectivity index (χ1n) is 9.83. The smallest absolute Gasteiger partial charge is 0.168 e. The molecule has 1 saturated carbocycles. The monoisotopic (exact) mass is 412 g/mol. The molecular formula is C22H25FN4OS. The van der Waals surface area contributed by atoms with E-state index >= 15 is 0 Å². The van der Waals surface area contributed by atoms with Gasteiger partial charge in [0.2, 0.25) is 0 Å². The van der Waals surface area contributed by atoms with Crippen LogP contribution in [0.3, 0.4) is 0 Å². The molecule has 29 heavy (non-hydrogen) atoms. The van der Waals surface area contributed by atoms with Crippen LogP contribution in [0.5, 0.6) is 0 Å². The molecule has 152 valence electrons. The molecule has 1 fully saturated rings. The van der Waals surface area contributed by atoms with E-state index < -0.39 is 0 Å². The molecule has 0 saturated heterocycles. The summed E-state index contributed by atoms with van der Waals surface area (Å²) in [5, 5.41) is 14.1. The molecule has 0 bridgehead atoms. The molecule has 0 amide bonds. The van der Waals surface area contributed by atoms with E-state index in [1.165, 1.54) is 12.1 Å². The van der Waals surface area contributed by atoms with Gasteiger partial charge in [-0.15, -0.1) is 0 Å². The van der Waals surface area contributed by atoms with Crippen LogP contribution in [0.1, 0.15) is 25.7 Å². The van der Waals surface area contributed by atoms with Crippen molar-refractivity contribution in [1.82, 2.24) is 14.5 Å². The number of halogens is 1. The zero-order chi connectivity index (χ0) is 20.4. The van der Waals surface area contributed by atoms with Crippen molar-refractivity contribution < 1.29 is 9.50 Å². The highest BCUT2D eigenvalue weighted by molar-refractivity contribution is 7.98. The number of imidazole rings is 1. The number of anilines is 1. The van der Waals surface area contributed by atoms with E-state index in [4.69, 9.17) is 4.98 Å². The molecule has 4 rings (SSSR count). The molecule has 0 spiro atoms. The molecule has 2 N–H and O–H groups in total. The highest BCUT2D eigenvalue weighted by Gasteiger charge is 2.21. The predicted molar refractivity (Wildman–Crippen MR) is 115 cm³/mol. The minimum atomic E-state index is -0.260. The largest absolute Gasteiger partial charge is 0.393 e. The number of aliphatic hydroxyl groups excluding tert-OH is 1. The van der Waals surface area contributed by atoms with Crippen molar-refractivity contribution in [3.05, 3.63) is 48.4 Å². The molecule has 1 aromatic carbocycles. The van der Waals surface area contributed by atoms with Crippen molar-refractivity contribution in [2.24, 2.45) is 7.05 Å². The number of nitrogens with one attached hydrogen (secondary N) is 1. The Balaban J connectivity index is 1.69. The quantitative estimate of drug-likeness (QED) is 0.594. The lowest BCUT2D eigenvalue weighted by Crippen LogP contribution is -2.28. The number of pyridine rings is 1. The second-order valence-corrected chi connectivity index (χ2v) is 8.21. The summed E-state index contributed by atoms with van der Waals surface area (Å²) < 4.78 is 15.5. The summed E-state index contributed by atoms with van der Waals surface area (Å²) in [6, 6.07) is 10.8. The zero-order valence-electron chi connectivity index (χ0n) is 16.6. The summed E-state index contributed by atoms with van der Waals surface area (Å²) in [6.45, 7) is 0. The average molecular weight is 413 g/mol. The highest BCUT2D eigenvalue weighted by Crippen LogP contribution is 2.35. The van der Waals surface area contributed by atoms with Crippen LogP contribution in [-0.2, 0) is 7.05 Å². The number of aromatic nitrogens is 3. The maximum absolute atomic E-state index is 13.4. The molecule has 0 radical (unpaired) electrons. The fourth-order valence-electron chi connectivity index (χ4n) is 3.89. The van der Waals surface area contributed by atoms with E-state index in [1.807, 2.05) is 25.4 Å². The second-order valence-electron chi connectivity index (χ2n) is 7.44. The summed E-state index contributed by atoms with van der Waals surface area (Å²) in [5.41, 5.74) is 3.69. The van der Waals surface area contributed by atoms with Gasteiger partial charge in [-0.25, -0.2) is 14.4 Å². The molecule has 0 unspecified atom stereocenters. The Labute approximate surface area is 174 Å². The molecule has 2 aromatic heterocycles. The van der Waals surface area contributed by atoms with Gasteiger partial charge < -0.3 is 15.0 Å². The fraction of sp³-hybridized carbons (Fsp3) is 0.364. The van der Waals surface area contributed by atoms with Gasteiger partial charge in [0, 0.05) is 30.4 Å². The molecular weight excluding hydrogens is 387 g/mol. The van der Waals surface area contributed by atoms with Gasteiger partial charge in [-0.3, -0.25) is 0 Å². The van der Waals surface area contributed by atoms with Crippen LogP contribution in [0.15, 0.2) is 47.8 Å². The average Bonchev–Trinajstić information content (AvgIpc) is 3.07. The first-order valence-corrected chi connectivity index (χ1v) is 11.1. The molecule has 1 aliphatic carbocycles. The Hall–Kier alpha value is -2.38. The third kappa shape index (κ3) is 4.31. The fourth-order valence-corrected chi connectivity index (χ4v) is 4.43. The zero-order valence-corrected chi connectivity index (χ0v) is 17.4. The van der Waals surface area contributed by atoms with Gasteiger partial charge in [0.15, 0.2) is 5.16 Å². The maximum Gasteiger partial charge on any atom is 0.168 e. The number of hydrogen-bond acceptors (Lipinski definition) is 5. The minimum Gasteiger partial charge on any atom is -0.393 e. The van der Waals surface area contributed by atoms with E-state index in [1.54, 1.807) is 30.1 Å². The lowest BCUT2D eigenvalue weighted by molar-refractivity contribution is 0.126. The van der Waals surface area contributed by atoms with Crippen molar-refractivity contribution in [2.45, 2.75) is 43.0 Å². The Morgan fingerprint density at radius 1 is 1.10 bits per heavy atom. The van der Waals surface area contributed by atoms with E-state index in [0.29, 0.717) is 6.04 Å². The van der Waals surface area contributed by atoms with Crippen LogP contribution >= 0.6 is 11.8 Å². The third-order valence-corrected chi connectivity index (χ3v) is 6.17. The number of nitrogens with zero attached hydrogens (tertiary/aromatic N) is 3. The van der Waals surface area contributed by atoms with Crippen molar-refractivity contribution in [3.8, 4) is 22.5 Å². The maximum atomic E-state index is 13.4. The van der Waals surface area contributed by atoms with E-state index in [-0.39, 0.29) is 11.9 Å². The summed E-state index contributed by atoms with van der Waals surface area (Å²) in [6.07, 6.45) is 7.15. The summed E-state index contributed by atoms with van der Waals surface area (Å²) >= 11 is 1.58. The van der Waals surface area contributed by atoms with Crippen molar-refractivity contribution in [1.29, 1.82) is 0 Å². The Kier molecular flexibility index (Phi) is 5.87. The summed E-state index contributed by atoms with van der Waals surface area (Å²) in [4.78, 5) is 9.28. The molecule has 1 aliphatic rings. The second kappa shape index (κ2) is 8.55. The molecule has 0 aliphatic heterocycles. The minimum absolute atomic E-state index is 0.176. The van der Waals surface area contributed by atoms with Gasteiger partial charge in [-0.1, -0.05) is 11.8 Å². The molecule has 5 nitrogen and oxygen atoms in total. The van der Waals surface area contributed by atoms with Gasteiger partial charge in [0.25, 0.3) is 0 Å². The molecule has 3 aromatic rings. The van der Waals surface area contributed by atoms with Crippen LogP contribution in [0.25, 0.3) is 22.5 Å². The van der Waals surface area contributed by atoms with Crippen molar-refractivity contribution in [3.63, 3.8) is 0 Å². The molecule has 7 heteroatoms. The third-order valence-electron chi connectivity index (χ3n) is 5.44. The van der Waals surface area contributed by atoms with Crippen LogP contribution < -0.4 is 5.32 Å². The van der Waals surface area contributed by atoms with Gasteiger partial charge in [-0.2, -0.15) is 0 Å². The number of thioether (sulfide) groups is 1. The van der Waals surface area contributed by atoms with Crippen LogP contribution in [0, 0.1) is 5.82 Å². The Morgan fingerprint density at radius 3 is 2.52 bits per heavy atom. The van der Waals surface area contributed by atoms with Crippen LogP contribution in [0.4, 0.5) is 10.2 Å².